The molecule has 0 heterocycles. The molecule has 0 fully saturated rings. The molecule has 0 aliphatic rings. The number of aliphatic hydroxyl groups is 1. The summed E-state index contributed by atoms with van der Waals surface area (Å²) in [6, 6.07) is -10.7. The van der Waals surface area contributed by atoms with Gasteiger partial charge in [-0.25, -0.2) is 4.79 Å². The SMILES string of the molecule is CC(C)C[C@H](NC(=O)[C@H](CO)NC(=O)[C@H](C)NC(=O)CNC(=O)[C@H](CCCCN)NC(=O)[C@H](CCCCN)NC(=O)[C@H](CCCCN)NC(=O)[C@H](C)NC(=O)[C@H](C)NC(=O)[C@H](C)N)C(=O)O. The third-order valence-electron chi connectivity index (χ3n) is 9.99. The van der Waals surface area contributed by atoms with E-state index in [1.807, 2.05) is 0 Å². The van der Waals surface area contributed by atoms with E-state index in [9.17, 15) is 58.2 Å². The molecule has 0 radical (unpaired) electrons. The Morgan fingerprint density at radius 2 is 0.788 bits per heavy atom. The van der Waals surface area contributed by atoms with Crippen molar-refractivity contribution < 1.29 is 58.2 Å². The van der Waals surface area contributed by atoms with E-state index in [1.54, 1.807) is 13.8 Å². The Morgan fingerprint density at radius 1 is 0.439 bits per heavy atom. The highest BCUT2D eigenvalue weighted by atomic mass is 16.4. The Morgan fingerprint density at radius 3 is 1.18 bits per heavy atom. The first-order valence-corrected chi connectivity index (χ1v) is 22.4. The number of carbonyl (C=O) groups is 10. The molecule has 0 saturated carbocycles. The Labute approximate surface area is 386 Å². The van der Waals surface area contributed by atoms with Crippen molar-refractivity contribution in [2.45, 2.75) is 160 Å². The second-order valence-corrected chi connectivity index (χ2v) is 16.6. The smallest absolute Gasteiger partial charge is 0.326 e. The summed E-state index contributed by atoms with van der Waals surface area (Å²) in [6.07, 6.45) is 3.03. The molecule has 0 bridgehead atoms. The number of amides is 9. The maximum Gasteiger partial charge on any atom is 0.326 e. The maximum atomic E-state index is 13.8. The summed E-state index contributed by atoms with van der Waals surface area (Å²) in [5.74, 6) is -8.31. The Balaban J connectivity index is 5.92. The van der Waals surface area contributed by atoms with Gasteiger partial charge in [-0.05, 0) is 117 Å². The van der Waals surface area contributed by atoms with Gasteiger partial charge in [0.1, 0.15) is 48.3 Å². The van der Waals surface area contributed by atoms with E-state index in [0.29, 0.717) is 45.1 Å². The van der Waals surface area contributed by atoms with Gasteiger partial charge in [-0.1, -0.05) is 13.8 Å². The first-order valence-electron chi connectivity index (χ1n) is 22.4. The Bertz CT molecular complexity index is 1600. The number of nitrogens with two attached hydrogens (primary N) is 4. The van der Waals surface area contributed by atoms with E-state index in [0.717, 1.165) is 0 Å². The van der Waals surface area contributed by atoms with Crippen LogP contribution in [0.3, 0.4) is 0 Å². The van der Waals surface area contributed by atoms with Crippen molar-refractivity contribution in [3.8, 4) is 0 Å². The van der Waals surface area contributed by atoms with Crippen molar-refractivity contribution >= 4 is 59.1 Å². The van der Waals surface area contributed by atoms with Gasteiger partial charge in [0.15, 0.2) is 0 Å². The summed E-state index contributed by atoms with van der Waals surface area (Å²) < 4.78 is 0. The summed E-state index contributed by atoms with van der Waals surface area (Å²) in [5, 5.41) is 41.3. The number of hydrogen-bond donors (Lipinski definition) is 15. The molecule has 0 spiro atoms. The number of aliphatic hydroxyl groups excluding tert-OH is 1. The predicted octanol–water partition coefficient (Wildman–Crippen LogP) is -5.10. The van der Waals surface area contributed by atoms with Gasteiger partial charge in [0.05, 0.1) is 19.2 Å². The van der Waals surface area contributed by atoms with E-state index in [1.165, 1.54) is 27.7 Å². The monoisotopic (exact) mass is 944 g/mol. The number of hydrogen-bond acceptors (Lipinski definition) is 15. The van der Waals surface area contributed by atoms with Gasteiger partial charge in [-0.15, -0.1) is 0 Å². The van der Waals surface area contributed by atoms with Crippen LogP contribution < -0.4 is 70.8 Å². The van der Waals surface area contributed by atoms with Gasteiger partial charge in [0, 0.05) is 0 Å². The van der Waals surface area contributed by atoms with E-state index in [2.05, 4.69) is 47.9 Å². The van der Waals surface area contributed by atoms with Gasteiger partial charge in [0.25, 0.3) is 0 Å². The van der Waals surface area contributed by atoms with Crippen LogP contribution in [0.1, 0.15) is 106 Å². The van der Waals surface area contributed by atoms with Crippen LogP contribution in [0.2, 0.25) is 0 Å². The van der Waals surface area contributed by atoms with Crippen molar-refractivity contribution in [2.24, 2.45) is 28.9 Å². The van der Waals surface area contributed by atoms with E-state index < -0.39 is 127 Å². The van der Waals surface area contributed by atoms with Gasteiger partial charge >= 0.3 is 5.97 Å². The third-order valence-corrected chi connectivity index (χ3v) is 9.99. The zero-order valence-corrected chi connectivity index (χ0v) is 39.2. The third kappa shape index (κ3) is 24.7. The molecule has 9 amide bonds. The van der Waals surface area contributed by atoms with Crippen LogP contribution in [0.25, 0.3) is 0 Å². The number of aliphatic carboxylic acids is 1. The van der Waals surface area contributed by atoms with E-state index >= 15 is 0 Å². The second-order valence-electron chi connectivity index (χ2n) is 16.6. The van der Waals surface area contributed by atoms with Gasteiger partial charge in [-0.3, -0.25) is 43.2 Å². The number of unbranched alkanes of at least 4 members (excludes halogenated alkanes) is 3. The van der Waals surface area contributed by atoms with Gasteiger partial charge in [0.2, 0.25) is 53.2 Å². The quantitative estimate of drug-likeness (QED) is 0.0268. The molecule has 0 unspecified atom stereocenters. The summed E-state index contributed by atoms with van der Waals surface area (Å²) >= 11 is 0. The number of carboxylic acid groups (broad SMARTS) is 1. The lowest BCUT2D eigenvalue weighted by molar-refractivity contribution is -0.143. The van der Waals surface area contributed by atoms with Crippen LogP contribution in [0.5, 0.6) is 0 Å². The van der Waals surface area contributed by atoms with Crippen LogP contribution in [0.15, 0.2) is 0 Å². The fourth-order valence-electron chi connectivity index (χ4n) is 6.05. The fourth-order valence-corrected chi connectivity index (χ4v) is 6.05. The molecule has 0 aromatic rings. The molecule has 0 aromatic carbocycles. The van der Waals surface area contributed by atoms with Crippen LogP contribution in [0.4, 0.5) is 0 Å². The topological polar surface area (TPSA) is 424 Å². The molecule has 378 valence electrons. The molecule has 25 nitrogen and oxygen atoms in total. The molecule has 0 aromatic heterocycles. The average molecular weight is 944 g/mol. The van der Waals surface area contributed by atoms with Gasteiger partial charge in [-0.2, -0.15) is 0 Å². The fraction of sp³-hybridized carbons (Fsp3) is 0.756. The van der Waals surface area contributed by atoms with E-state index in [4.69, 9.17) is 22.9 Å². The molecule has 9 atom stereocenters. The lowest BCUT2D eigenvalue weighted by atomic mass is 10.0. The first kappa shape index (κ1) is 60.5. The molecule has 66 heavy (non-hydrogen) atoms. The zero-order valence-electron chi connectivity index (χ0n) is 39.2. The summed E-state index contributed by atoms with van der Waals surface area (Å²) in [4.78, 5) is 129. The standard InChI is InChI=1S/C41H77N13O12/c1-22(2)19-30(41(65)66)53-40(64)31(21-55)54-35(59)24(4)47-32(56)20-46-37(61)27(13-7-10-16-42)51-39(63)29(15-9-12-18-44)52-38(62)28(14-8-11-17-43)50-36(60)26(6)49-34(58)25(5)48-33(57)23(3)45/h22-31,55H,7-21,42-45H2,1-6H3,(H,46,61)(H,47,56)(H,48,57)(H,49,58)(H,50,60)(H,51,63)(H,52,62)(H,53,64)(H,54,59)(H,65,66)/t23-,24-,25-,26-,27-,28-,29-,30-,31-/m0/s1. The maximum absolute atomic E-state index is 13.8. The molecule has 0 rings (SSSR count). The van der Waals surface area contributed by atoms with Crippen LogP contribution in [-0.4, -0.2) is 157 Å². The van der Waals surface area contributed by atoms with E-state index in [-0.39, 0.29) is 44.7 Å². The molecule has 19 N–H and O–H groups in total. The summed E-state index contributed by atoms with van der Waals surface area (Å²) in [5.41, 5.74) is 22.6. The summed E-state index contributed by atoms with van der Waals surface area (Å²) in [6.45, 7) is 8.35. The minimum Gasteiger partial charge on any atom is -0.480 e. The van der Waals surface area contributed by atoms with Crippen molar-refractivity contribution in [1.82, 2.24) is 47.9 Å². The first-order chi connectivity index (χ1) is 31.0. The molecule has 0 saturated heterocycles. The largest absolute Gasteiger partial charge is 0.480 e. The minimum absolute atomic E-state index is 0.0815. The Kier molecular flexibility index (Phi) is 30.3. The van der Waals surface area contributed by atoms with Crippen molar-refractivity contribution in [1.29, 1.82) is 0 Å². The van der Waals surface area contributed by atoms with Crippen molar-refractivity contribution in [3.63, 3.8) is 0 Å². The number of carbonyl (C=O) groups excluding carboxylic acids is 9. The molecule has 0 aliphatic carbocycles. The van der Waals surface area contributed by atoms with Crippen LogP contribution in [-0.2, 0) is 47.9 Å². The van der Waals surface area contributed by atoms with Crippen LogP contribution in [0, 0.1) is 5.92 Å². The lowest BCUT2D eigenvalue weighted by Gasteiger charge is -2.26. The molecular formula is C41H77N13O12. The average Bonchev–Trinajstić information content (AvgIpc) is 3.25. The predicted molar refractivity (Wildman–Crippen MR) is 242 cm³/mol. The van der Waals surface area contributed by atoms with Crippen molar-refractivity contribution in [2.75, 3.05) is 32.8 Å². The minimum atomic E-state index is -1.53. The molecule has 25 heteroatoms. The highest BCUT2D eigenvalue weighted by molar-refractivity contribution is 5.97. The number of nitrogens with one attached hydrogen (secondary N) is 9. The second kappa shape index (κ2) is 33.0. The molecule has 0 aliphatic heterocycles. The highest BCUT2D eigenvalue weighted by Gasteiger charge is 2.32. The highest BCUT2D eigenvalue weighted by Crippen LogP contribution is 2.09. The number of rotatable bonds is 34. The molecular weight excluding hydrogens is 867 g/mol. The number of carboxylic acids is 1. The van der Waals surface area contributed by atoms with Crippen molar-refractivity contribution in [3.05, 3.63) is 0 Å². The lowest BCUT2D eigenvalue weighted by Crippen LogP contribution is -2.59. The normalized spacial score (nSPS) is 15.2. The zero-order chi connectivity index (χ0) is 50.5. The summed E-state index contributed by atoms with van der Waals surface area (Å²) in [7, 11) is 0. The van der Waals surface area contributed by atoms with Gasteiger partial charge < -0.3 is 81.0 Å². The van der Waals surface area contributed by atoms with Crippen LogP contribution >= 0.6 is 0 Å². The Hall–Kier alpha value is -5.50.